The zero-order chi connectivity index (χ0) is 21.8. The van der Waals surface area contributed by atoms with Crippen LogP contribution in [-0.2, 0) is 14.3 Å². The van der Waals surface area contributed by atoms with E-state index in [1.807, 2.05) is 6.92 Å². The fraction of sp³-hybridized carbons (Fsp3) is 0.238. The number of fused-ring (bicyclic) bond motifs is 1. The molecular formula is C21H20N2O6S. The van der Waals surface area contributed by atoms with Gasteiger partial charge in [0.05, 0.1) is 17.7 Å². The minimum Gasteiger partial charge on any atom is -0.462 e. The van der Waals surface area contributed by atoms with Crippen LogP contribution in [0.3, 0.4) is 0 Å². The summed E-state index contributed by atoms with van der Waals surface area (Å²) in [5.41, 5.74) is 1.12. The van der Waals surface area contributed by atoms with Gasteiger partial charge in [-0.3, -0.25) is 9.59 Å². The van der Waals surface area contributed by atoms with Gasteiger partial charge in [0, 0.05) is 21.8 Å². The lowest BCUT2D eigenvalue weighted by molar-refractivity contribution is -0.119. The molecule has 2 aromatic heterocycles. The third-order valence-electron chi connectivity index (χ3n) is 4.42. The van der Waals surface area contributed by atoms with E-state index in [0.717, 1.165) is 16.5 Å². The molecule has 30 heavy (non-hydrogen) atoms. The molecule has 9 heteroatoms. The number of hydrogen-bond acceptors (Lipinski definition) is 7. The largest absolute Gasteiger partial charge is 0.462 e. The van der Waals surface area contributed by atoms with Gasteiger partial charge in [-0.25, -0.2) is 9.59 Å². The highest BCUT2D eigenvalue weighted by molar-refractivity contribution is 7.16. The van der Waals surface area contributed by atoms with E-state index in [9.17, 15) is 19.2 Å². The highest BCUT2D eigenvalue weighted by Gasteiger charge is 2.22. The topological polar surface area (TPSA) is 115 Å². The van der Waals surface area contributed by atoms with Crippen molar-refractivity contribution < 1.29 is 23.9 Å². The fourth-order valence-electron chi connectivity index (χ4n) is 2.91. The first-order valence-corrected chi connectivity index (χ1v) is 9.99. The van der Waals surface area contributed by atoms with Crippen molar-refractivity contribution in [2.75, 3.05) is 18.5 Å². The lowest BCUT2D eigenvalue weighted by atomic mass is 10.1. The quantitative estimate of drug-likeness (QED) is 0.583. The molecule has 0 saturated heterocycles. The van der Waals surface area contributed by atoms with Crippen LogP contribution in [0.15, 0.2) is 35.1 Å². The Morgan fingerprint density at radius 2 is 1.83 bits per heavy atom. The molecule has 0 aliphatic carbocycles. The van der Waals surface area contributed by atoms with Crippen molar-refractivity contribution in [3.05, 3.63) is 62.3 Å². The second-order valence-electron chi connectivity index (χ2n) is 6.42. The summed E-state index contributed by atoms with van der Waals surface area (Å²) in [6, 6.07) is 7.92. The molecule has 156 valence electrons. The second-order valence-corrected chi connectivity index (χ2v) is 7.65. The molecule has 0 radical (unpaired) electrons. The maximum Gasteiger partial charge on any atom is 0.341 e. The number of anilines is 1. The van der Waals surface area contributed by atoms with Crippen molar-refractivity contribution in [3.63, 3.8) is 0 Å². The van der Waals surface area contributed by atoms with Crippen LogP contribution in [0.25, 0.3) is 10.9 Å². The van der Waals surface area contributed by atoms with E-state index >= 15 is 0 Å². The molecule has 3 aromatic rings. The normalized spacial score (nSPS) is 10.6. The second kappa shape index (κ2) is 8.91. The van der Waals surface area contributed by atoms with Gasteiger partial charge in [-0.1, -0.05) is 18.2 Å². The highest BCUT2D eigenvalue weighted by Crippen LogP contribution is 2.33. The smallest absolute Gasteiger partial charge is 0.341 e. The number of H-pyrrole nitrogens is 1. The average Bonchev–Trinajstić information content (AvgIpc) is 2.98. The summed E-state index contributed by atoms with van der Waals surface area (Å²) < 4.78 is 10.1. The Morgan fingerprint density at radius 3 is 2.57 bits per heavy atom. The van der Waals surface area contributed by atoms with E-state index in [2.05, 4.69) is 10.3 Å². The summed E-state index contributed by atoms with van der Waals surface area (Å²) in [4.78, 5) is 52.3. The van der Waals surface area contributed by atoms with Crippen molar-refractivity contribution in [2.24, 2.45) is 0 Å². The number of thiophene rings is 1. The fourth-order valence-corrected chi connectivity index (χ4v) is 3.97. The predicted molar refractivity (Wildman–Crippen MR) is 113 cm³/mol. The van der Waals surface area contributed by atoms with Crippen LogP contribution < -0.4 is 10.9 Å². The number of pyridine rings is 1. The Labute approximate surface area is 175 Å². The monoisotopic (exact) mass is 428 g/mol. The minimum atomic E-state index is -0.795. The third-order valence-corrected chi connectivity index (χ3v) is 5.55. The van der Waals surface area contributed by atoms with Gasteiger partial charge in [0.25, 0.3) is 5.91 Å². The molecule has 2 N–H and O–H groups in total. The van der Waals surface area contributed by atoms with Crippen LogP contribution in [0.5, 0.6) is 0 Å². The van der Waals surface area contributed by atoms with E-state index in [4.69, 9.17) is 9.47 Å². The Balaban J connectivity index is 1.73. The molecule has 0 bridgehead atoms. The highest BCUT2D eigenvalue weighted by atomic mass is 32.1. The molecular weight excluding hydrogens is 408 g/mol. The molecule has 0 spiro atoms. The van der Waals surface area contributed by atoms with Crippen LogP contribution in [0.1, 0.15) is 38.1 Å². The molecule has 0 fully saturated rings. The standard InChI is InChI=1S/C21H20N2O6S/c1-4-28-21(27)18-11(2)12(3)30-19(18)23-17(25)10-29-20(26)14-9-16(24)22-15-8-6-5-7-13(14)15/h5-9H,4,10H2,1-3H3,(H,22,24)(H,23,25). The van der Waals surface area contributed by atoms with Gasteiger partial charge in [-0.2, -0.15) is 0 Å². The van der Waals surface area contributed by atoms with E-state index < -0.39 is 30.0 Å². The number of esters is 2. The number of amides is 1. The molecule has 0 unspecified atom stereocenters. The first kappa shape index (κ1) is 21.3. The van der Waals surface area contributed by atoms with Crippen LogP contribution in [-0.4, -0.2) is 36.0 Å². The maximum atomic E-state index is 12.5. The lowest BCUT2D eigenvalue weighted by Gasteiger charge is -2.09. The number of carbonyl (C=O) groups is 3. The first-order valence-electron chi connectivity index (χ1n) is 9.18. The van der Waals surface area contributed by atoms with E-state index in [0.29, 0.717) is 21.5 Å². The third kappa shape index (κ3) is 4.41. The van der Waals surface area contributed by atoms with Gasteiger partial charge >= 0.3 is 11.9 Å². The van der Waals surface area contributed by atoms with Gasteiger partial charge in [0.2, 0.25) is 5.56 Å². The number of hydrogen-bond donors (Lipinski definition) is 2. The Kier molecular flexibility index (Phi) is 6.31. The van der Waals surface area contributed by atoms with Gasteiger partial charge in [-0.05, 0) is 32.4 Å². The van der Waals surface area contributed by atoms with Crippen molar-refractivity contribution in [1.82, 2.24) is 4.98 Å². The van der Waals surface area contributed by atoms with Gasteiger partial charge in [-0.15, -0.1) is 11.3 Å². The van der Waals surface area contributed by atoms with Crippen molar-refractivity contribution in [1.29, 1.82) is 0 Å². The number of ether oxygens (including phenoxy) is 2. The van der Waals surface area contributed by atoms with Crippen LogP contribution in [0.2, 0.25) is 0 Å². The number of rotatable bonds is 6. The predicted octanol–water partition coefficient (Wildman–Crippen LogP) is 3.18. The summed E-state index contributed by atoms with van der Waals surface area (Å²) >= 11 is 1.24. The van der Waals surface area contributed by atoms with E-state index in [1.165, 1.54) is 11.3 Å². The molecule has 2 heterocycles. The van der Waals surface area contributed by atoms with Crippen molar-refractivity contribution in [3.8, 4) is 0 Å². The number of para-hydroxylation sites is 1. The number of carbonyl (C=O) groups excluding carboxylic acids is 3. The molecule has 0 saturated carbocycles. The first-order chi connectivity index (χ1) is 14.3. The van der Waals surface area contributed by atoms with Crippen LogP contribution in [0.4, 0.5) is 5.00 Å². The molecule has 1 aromatic carbocycles. The SMILES string of the molecule is CCOC(=O)c1c(NC(=O)COC(=O)c2cc(=O)[nH]c3ccccc23)sc(C)c1C. The zero-order valence-corrected chi connectivity index (χ0v) is 17.5. The zero-order valence-electron chi connectivity index (χ0n) is 16.7. The Bertz CT molecular complexity index is 1190. The molecule has 0 atom stereocenters. The molecule has 3 rings (SSSR count). The number of benzene rings is 1. The van der Waals surface area contributed by atoms with Crippen LogP contribution >= 0.6 is 11.3 Å². The van der Waals surface area contributed by atoms with Gasteiger partial charge in [0.15, 0.2) is 6.61 Å². The van der Waals surface area contributed by atoms with Gasteiger partial charge < -0.3 is 19.8 Å². The summed E-state index contributed by atoms with van der Waals surface area (Å²) in [6.07, 6.45) is 0. The Morgan fingerprint density at radius 1 is 1.10 bits per heavy atom. The Hall–Kier alpha value is -3.46. The maximum absolute atomic E-state index is 12.5. The molecule has 0 aliphatic heterocycles. The van der Waals surface area contributed by atoms with Gasteiger partial charge in [0.1, 0.15) is 5.00 Å². The molecule has 0 aliphatic rings. The average molecular weight is 428 g/mol. The lowest BCUT2D eigenvalue weighted by Crippen LogP contribution is -2.22. The summed E-state index contributed by atoms with van der Waals surface area (Å²) in [7, 11) is 0. The van der Waals surface area contributed by atoms with E-state index in [1.54, 1.807) is 38.1 Å². The number of aryl methyl sites for hydroxylation is 1. The summed E-state index contributed by atoms with van der Waals surface area (Å²) in [6.45, 7) is 4.94. The summed E-state index contributed by atoms with van der Waals surface area (Å²) in [5.74, 6) is -1.93. The van der Waals surface area contributed by atoms with Crippen molar-refractivity contribution >= 4 is 45.1 Å². The number of nitrogens with one attached hydrogen (secondary N) is 2. The number of aromatic nitrogens is 1. The van der Waals surface area contributed by atoms with Crippen LogP contribution in [0, 0.1) is 13.8 Å². The van der Waals surface area contributed by atoms with Crippen molar-refractivity contribution in [2.45, 2.75) is 20.8 Å². The minimum absolute atomic E-state index is 0.0668. The molecule has 1 amide bonds. The molecule has 8 nitrogen and oxygen atoms in total. The summed E-state index contributed by atoms with van der Waals surface area (Å²) in [5, 5.41) is 3.45. The van der Waals surface area contributed by atoms with E-state index in [-0.39, 0.29) is 12.2 Å². The number of aromatic amines is 1.